The summed E-state index contributed by atoms with van der Waals surface area (Å²) in [5.41, 5.74) is 0.887. The number of hydrogen-bond donors (Lipinski definition) is 0. The smallest absolute Gasteiger partial charge is 0.246 e. The molecular weight excluding hydrogens is 266 g/mol. The number of hydrogen-bond acceptors (Lipinski definition) is 3. The van der Waals surface area contributed by atoms with Gasteiger partial charge < -0.3 is 14.4 Å². The van der Waals surface area contributed by atoms with Gasteiger partial charge in [0.1, 0.15) is 6.61 Å². The van der Waals surface area contributed by atoms with Crippen LogP contribution in [0.1, 0.15) is 19.4 Å². The van der Waals surface area contributed by atoms with Crippen LogP contribution in [0.3, 0.4) is 0 Å². The minimum atomic E-state index is 0.00551. The van der Waals surface area contributed by atoms with Gasteiger partial charge in [-0.05, 0) is 37.6 Å². The van der Waals surface area contributed by atoms with E-state index in [1.165, 1.54) is 0 Å². The summed E-state index contributed by atoms with van der Waals surface area (Å²) in [7, 11) is 1.59. The number of methoxy groups -OCH3 is 1. The molecule has 0 heterocycles. The molecule has 0 saturated heterocycles. The van der Waals surface area contributed by atoms with Crippen molar-refractivity contribution in [3.05, 3.63) is 42.5 Å². The topological polar surface area (TPSA) is 38.8 Å². The number of rotatable bonds is 8. The quantitative estimate of drug-likeness (QED) is 0.545. The first-order chi connectivity index (χ1) is 10.2. The average Bonchev–Trinajstić information content (AvgIpc) is 2.52. The van der Waals surface area contributed by atoms with E-state index in [1.807, 2.05) is 32.0 Å². The minimum Gasteiger partial charge on any atom is -0.493 e. The second-order valence-corrected chi connectivity index (χ2v) is 4.35. The third-order valence-electron chi connectivity index (χ3n) is 3.04. The monoisotopic (exact) mass is 289 g/mol. The summed E-state index contributed by atoms with van der Waals surface area (Å²) in [6.45, 7) is 9.37. The Morgan fingerprint density at radius 2 is 2.00 bits per heavy atom. The lowest BCUT2D eigenvalue weighted by Gasteiger charge is -2.15. The fourth-order valence-electron chi connectivity index (χ4n) is 1.86. The molecule has 21 heavy (non-hydrogen) atoms. The Kier molecular flexibility index (Phi) is 7.09. The third kappa shape index (κ3) is 4.99. The van der Waals surface area contributed by atoms with Crippen LogP contribution in [0, 0.1) is 0 Å². The molecule has 0 bridgehead atoms. The van der Waals surface area contributed by atoms with Crippen molar-refractivity contribution >= 4 is 12.0 Å². The molecule has 0 fully saturated rings. The lowest BCUT2D eigenvalue weighted by Crippen LogP contribution is -2.28. The number of benzene rings is 1. The molecule has 0 unspecified atom stereocenters. The predicted octanol–water partition coefficient (Wildman–Crippen LogP) is 3.14. The van der Waals surface area contributed by atoms with Gasteiger partial charge in [-0.3, -0.25) is 4.79 Å². The van der Waals surface area contributed by atoms with Gasteiger partial charge in [-0.25, -0.2) is 0 Å². The zero-order valence-electron chi connectivity index (χ0n) is 13.0. The van der Waals surface area contributed by atoms with Gasteiger partial charge in [-0.1, -0.05) is 18.7 Å². The summed E-state index contributed by atoms with van der Waals surface area (Å²) in [4.78, 5) is 13.7. The number of likely N-dealkylation sites (N-methyl/N-ethyl adjacent to an activating group) is 1. The molecule has 1 amide bonds. The zero-order chi connectivity index (χ0) is 15.7. The van der Waals surface area contributed by atoms with Gasteiger partial charge in [0.25, 0.3) is 0 Å². The Morgan fingerprint density at radius 3 is 2.57 bits per heavy atom. The molecule has 0 saturated carbocycles. The molecule has 114 valence electrons. The second kappa shape index (κ2) is 8.84. The van der Waals surface area contributed by atoms with Crippen LogP contribution in [0.25, 0.3) is 6.08 Å². The standard InChI is InChI=1S/C17H23NO3/c1-5-12-21-15-10-8-14(13-16(15)20-4)9-11-17(19)18(6-2)7-3/h5,8-11,13H,1,6-7,12H2,2-4H3. The lowest BCUT2D eigenvalue weighted by atomic mass is 10.2. The molecule has 4 nitrogen and oxygen atoms in total. The van der Waals surface area contributed by atoms with Gasteiger partial charge in [0, 0.05) is 19.2 Å². The first-order valence-corrected chi connectivity index (χ1v) is 7.04. The molecule has 0 aliphatic rings. The molecule has 0 spiro atoms. The zero-order valence-corrected chi connectivity index (χ0v) is 13.0. The SMILES string of the molecule is C=CCOc1ccc(C=CC(=O)N(CC)CC)cc1OC. The van der Waals surface area contributed by atoms with Crippen LogP contribution >= 0.6 is 0 Å². The van der Waals surface area contributed by atoms with Crippen molar-refractivity contribution < 1.29 is 14.3 Å². The van der Waals surface area contributed by atoms with Gasteiger partial charge in [0.15, 0.2) is 11.5 Å². The van der Waals surface area contributed by atoms with Crippen LogP contribution in [-0.4, -0.2) is 37.6 Å². The predicted molar refractivity (Wildman–Crippen MR) is 85.6 cm³/mol. The van der Waals surface area contributed by atoms with Crippen molar-refractivity contribution in [2.24, 2.45) is 0 Å². The summed E-state index contributed by atoms with van der Waals surface area (Å²) in [5, 5.41) is 0. The van der Waals surface area contributed by atoms with E-state index in [4.69, 9.17) is 9.47 Å². The van der Waals surface area contributed by atoms with E-state index >= 15 is 0 Å². The average molecular weight is 289 g/mol. The molecule has 1 aromatic carbocycles. The van der Waals surface area contributed by atoms with Crippen molar-refractivity contribution in [2.75, 3.05) is 26.8 Å². The summed E-state index contributed by atoms with van der Waals surface area (Å²) in [6, 6.07) is 5.54. The van der Waals surface area contributed by atoms with Gasteiger partial charge in [-0.2, -0.15) is 0 Å². The molecule has 1 aromatic rings. The van der Waals surface area contributed by atoms with Crippen molar-refractivity contribution in [3.63, 3.8) is 0 Å². The molecule has 0 N–H and O–H groups in total. The maximum atomic E-state index is 11.9. The number of ether oxygens (including phenoxy) is 2. The number of amides is 1. The van der Waals surface area contributed by atoms with E-state index < -0.39 is 0 Å². The van der Waals surface area contributed by atoms with Crippen molar-refractivity contribution in [1.82, 2.24) is 4.90 Å². The summed E-state index contributed by atoms with van der Waals surface area (Å²) in [5.74, 6) is 1.30. The molecule has 1 rings (SSSR count). The summed E-state index contributed by atoms with van der Waals surface area (Å²) < 4.78 is 10.8. The molecular formula is C17H23NO3. The first-order valence-electron chi connectivity index (χ1n) is 7.04. The molecule has 0 aliphatic heterocycles. The van der Waals surface area contributed by atoms with Gasteiger partial charge in [0.2, 0.25) is 5.91 Å². The van der Waals surface area contributed by atoms with Crippen LogP contribution in [0.15, 0.2) is 36.9 Å². The highest BCUT2D eigenvalue weighted by Crippen LogP contribution is 2.28. The van der Waals surface area contributed by atoms with E-state index in [-0.39, 0.29) is 5.91 Å². The largest absolute Gasteiger partial charge is 0.493 e. The van der Waals surface area contributed by atoms with Crippen molar-refractivity contribution in [3.8, 4) is 11.5 Å². The Labute approximate surface area is 126 Å². The summed E-state index contributed by atoms with van der Waals surface area (Å²) in [6.07, 6.45) is 5.03. The van der Waals surface area contributed by atoms with Gasteiger partial charge in [-0.15, -0.1) is 0 Å². The van der Waals surface area contributed by atoms with Crippen LogP contribution in [0.2, 0.25) is 0 Å². The van der Waals surface area contributed by atoms with Crippen molar-refractivity contribution in [1.29, 1.82) is 0 Å². The fourth-order valence-corrected chi connectivity index (χ4v) is 1.86. The molecule has 0 aliphatic carbocycles. The normalized spacial score (nSPS) is 10.4. The van der Waals surface area contributed by atoms with E-state index in [2.05, 4.69) is 6.58 Å². The van der Waals surface area contributed by atoms with Crippen molar-refractivity contribution in [2.45, 2.75) is 13.8 Å². The Hall–Kier alpha value is -2.23. The summed E-state index contributed by atoms with van der Waals surface area (Å²) >= 11 is 0. The number of carbonyl (C=O) groups excluding carboxylic acids is 1. The highest BCUT2D eigenvalue weighted by atomic mass is 16.5. The minimum absolute atomic E-state index is 0.00551. The second-order valence-electron chi connectivity index (χ2n) is 4.35. The van der Waals surface area contributed by atoms with E-state index in [1.54, 1.807) is 30.2 Å². The van der Waals surface area contributed by atoms with Gasteiger partial charge in [0.05, 0.1) is 7.11 Å². The molecule has 0 aromatic heterocycles. The van der Waals surface area contributed by atoms with Crippen LogP contribution in [0.4, 0.5) is 0 Å². The molecule has 0 atom stereocenters. The Morgan fingerprint density at radius 1 is 1.29 bits per heavy atom. The van der Waals surface area contributed by atoms with Crippen LogP contribution < -0.4 is 9.47 Å². The number of carbonyl (C=O) groups is 1. The maximum Gasteiger partial charge on any atom is 0.246 e. The first kappa shape index (κ1) is 16.8. The van der Waals surface area contributed by atoms with E-state index in [9.17, 15) is 4.79 Å². The number of nitrogens with zero attached hydrogens (tertiary/aromatic N) is 1. The Bertz CT molecular complexity index is 505. The maximum absolute atomic E-state index is 11.9. The fraction of sp³-hybridized carbons (Fsp3) is 0.353. The van der Waals surface area contributed by atoms with Crippen LogP contribution in [-0.2, 0) is 4.79 Å². The highest BCUT2D eigenvalue weighted by molar-refractivity contribution is 5.91. The van der Waals surface area contributed by atoms with E-state index in [0.29, 0.717) is 31.2 Å². The van der Waals surface area contributed by atoms with E-state index in [0.717, 1.165) is 5.56 Å². The Balaban J connectivity index is 2.84. The molecule has 4 heteroatoms. The van der Waals surface area contributed by atoms with Crippen LogP contribution in [0.5, 0.6) is 11.5 Å². The van der Waals surface area contributed by atoms with Gasteiger partial charge >= 0.3 is 0 Å². The molecule has 0 radical (unpaired) electrons. The lowest BCUT2D eigenvalue weighted by molar-refractivity contribution is -0.125. The highest BCUT2D eigenvalue weighted by Gasteiger charge is 2.06. The third-order valence-corrected chi connectivity index (χ3v) is 3.04.